The molecule has 3 aromatic rings. The van der Waals surface area contributed by atoms with E-state index in [-0.39, 0.29) is 5.41 Å². The number of fused-ring (bicyclic) bond motifs is 1. The van der Waals surface area contributed by atoms with Gasteiger partial charge in [0.25, 0.3) is 0 Å². The number of anilines is 2. The first-order valence-electron chi connectivity index (χ1n) is 9.40. The zero-order chi connectivity index (χ0) is 20.1. The highest BCUT2D eigenvalue weighted by molar-refractivity contribution is 7.09. The van der Waals surface area contributed by atoms with Crippen LogP contribution in [0.3, 0.4) is 0 Å². The molecule has 0 saturated carbocycles. The van der Waals surface area contributed by atoms with E-state index in [4.69, 9.17) is 5.10 Å². The average Bonchev–Trinajstić information content (AvgIpc) is 3.19. The van der Waals surface area contributed by atoms with E-state index in [0.717, 1.165) is 47.9 Å². The molecule has 1 aliphatic heterocycles. The average molecular weight is 402 g/mol. The Balaban J connectivity index is 1.41. The first-order valence-corrected chi connectivity index (χ1v) is 10.2. The summed E-state index contributed by atoms with van der Waals surface area (Å²) in [7, 11) is 6.11. The van der Waals surface area contributed by atoms with Gasteiger partial charge in [-0.2, -0.15) is 8.89 Å². The van der Waals surface area contributed by atoms with Gasteiger partial charge in [0.15, 0.2) is 17.3 Å². The minimum atomic E-state index is -0.102. The predicted octanol–water partition coefficient (Wildman–Crippen LogP) is 1.66. The summed E-state index contributed by atoms with van der Waals surface area (Å²) in [6.07, 6.45) is 0. The quantitative estimate of drug-likeness (QED) is 0.639. The normalized spacial score (nSPS) is 15.5. The summed E-state index contributed by atoms with van der Waals surface area (Å²) in [6, 6.07) is 4.48. The van der Waals surface area contributed by atoms with Crippen molar-refractivity contribution in [2.24, 2.45) is 0 Å². The minimum absolute atomic E-state index is 0.102. The molecule has 1 fully saturated rings. The molecule has 9 nitrogen and oxygen atoms in total. The number of rotatable bonds is 5. The van der Waals surface area contributed by atoms with Gasteiger partial charge in [0.05, 0.1) is 6.54 Å². The monoisotopic (exact) mass is 401 g/mol. The molecule has 0 amide bonds. The third-order valence-electron chi connectivity index (χ3n) is 4.96. The van der Waals surface area contributed by atoms with Crippen LogP contribution in [0.1, 0.15) is 32.4 Å². The van der Waals surface area contributed by atoms with Crippen LogP contribution >= 0.6 is 11.5 Å². The maximum atomic E-state index is 4.79. The summed E-state index contributed by atoms with van der Waals surface area (Å²) in [4.78, 5) is 11.2. The maximum absolute atomic E-state index is 4.79. The van der Waals surface area contributed by atoms with Crippen LogP contribution in [0.4, 0.5) is 10.9 Å². The van der Waals surface area contributed by atoms with Gasteiger partial charge in [-0.1, -0.05) is 20.8 Å². The summed E-state index contributed by atoms with van der Waals surface area (Å²) < 4.78 is 6.33. The first kappa shape index (κ1) is 19.0. The van der Waals surface area contributed by atoms with Crippen molar-refractivity contribution in [2.45, 2.75) is 38.8 Å². The highest BCUT2D eigenvalue weighted by Crippen LogP contribution is 2.25. The molecular formula is C18H27N9S. The van der Waals surface area contributed by atoms with Gasteiger partial charge in [-0.15, -0.1) is 15.3 Å². The second-order valence-corrected chi connectivity index (χ2v) is 9.33. The zero-order valence-corrected chi connectivity index (χ0v) is 18.1. The molecule has 4 rings (SSSR count). The van der Waals surface area contributed by atoms with Gasteiger partial charge in [-0.25, -0.2) is 4.98 Å². The molecular weight excluding hydrogens is 374 g/mol. The Labute approximate surface area is 169 Å². The van der Waals surface area contributed by atoms with E-state index in [1.54, 1.807) is 0 Å². The first-order chi connectivity index (χ1) is 13.2. The minimum Gasteiger partial charge on any atom is -0.353 e. The van der Waals surface area contributed by atoms with Crippen molar-refractivity contribution in [3.05, 3.63) is 23.8 Å². The Kier molecular flexibility index (Phi) is 4.70. The molecule has 3 aromatic heterocycles. The topological polar surface area (TPSA) is 78.6 Å². The van der Waals surface area contributed by atoms with Crippen molar-refractivity contribution in [3.8, 4) is 0 Å². The standard InChI is InChI=1S/C18H27N9S/c1-18(2,3)16-21-20-14-7-8-15(22-27(14)16)26-9-12(10-26)25(6)11-13-19-17(24(4)5)28-23-13/h7-8,12H,9-11H2,1-6H3. The predicted molar refractivity (Wildman–Crippen MR) is 111 cm³/mol. The van der Waals surface area contributed by atoms with Crippen LogP contribution in [0, 0.1) is 0 Å². The molecule has 0 aromatic carbocycles. The Morgan fingerprint density at radius 2 is 1.89 bits per heavy atom. The fraction of sp³-hybridized carbons (Fsp3) is 0.611. The molecule has 4 heterocycles. The zero-order valence-electron chi connectivity index (χ0n) is 17.3. The van der Waals surface area contributed by atoms with Gasteiger partial charge in [-0.3, -0.25) is 4.90 Å². The number of hydrogen-bond donors (Lipinski definition) is 0. The van der Waals surface area contributed by atoms with Crippen LogP contribution in [-0.4, -0.2) is 74.3 Å². The van der Waals surface area contributed by atoms with Crippen molar-refractivity contribution < 1.29 is 0 Å². The third kappa shape index (κ3) is 3.53. The summed E-state index contributed by atoms with van der Waals surface area (Å²) in [6.45, 7) is 9.01. The second-order valence-electron chi connectivity index (χ2n) is 8.60. The van der Waals surface area contributed by atoms with Gasteiger partial charge in [-0.05, 0) is 19.2 Å². The van der Waals surface area contributed by atoms with Crippen molar-refractivity contribution in [2.75, 3.05) is 44.0 Å². The molecule has 0 spiro atoms. The summed E-state index contributed by atoms with van der Waals surface area (Å²) in [5.74, 6) is 2.72. The largest absolute Gasteiger partial charge is 0.353 e. The fourth-order valence-corrected chi connectivity index (χ4v) is 3.77. The van der Waals surface area contributed by atoms with E-state index in [9.17, 15) is 0 Å². The number of aromatic nitrogens is 6. The van der Waals surface area contributed by atoms with E-state index in [2.05, 4.69) is 57.2 Å². The highest BCUT2D eigenvalue weighted by atomic mass is 32.1. The molecule has 1 aliphatic rings. The SMILES string of the molecule is CN(C)c1nc(CN(C)C2CN(c3ccc4nnc(C(C)(C)C)n4n3)C2)ns1. The van der Waals surface area contributed by atoms with Gasteiger partial charge in [0, 0.05) is 50.2 Å². The molecule has 0 atom stereocenters. The van der Waals surface area contributed by atoms with E-state index < -0.39 is 0 Å². The van der Waals surface area contributed by atoms with Crippen molar-refractivity contribution in [1.82, 2.24) is 34.1 Å². The number of likely N-dealkylation sites (N-methyl/N-ethyl adjacent to an activating group) is 1. The lowest BCUT2D eigenvalue weighted by molar-refractivity contribution is 0.193. The third-order valence-corrected chi connectivity index (χ3v) is 5.88. The van der Waals surface area contributed by atoms with E-state index in [1.165, 1.54) is 11.5 Å². The lowest BCUT2D eigenvalue weighted by atomic mass is 9.96. The van der Waals surface area contributed by atoms with Crippen molar-refractivity contribution >= 4 is 28.1 Å². The van der Waals surface area contributed by atoms with Gasteiger partial charge in [0.2, 0.25) is 5.13 Å². The van der Waals surface area contributed by atoms with Crippen LogP contribution in [0.15, 0.2) is 12.1 Å². The van der Waals surface area contributed by atoms with Crippen LogP contribution in [0.2, 0.25) is 0 Å². The van der Waals surface area contributed by atoms with Crippen molar-refractivity contribution in [1.29, 1.82) is 0 Å². The van der Waals surface area contributed by atoms with Gasteiger partial charge >= 0.3 is 0 Å². The van der Waals surface area contributed by atoms with Crippen LogP contribution in [0.5, 0.6) is 0 Å². The molecule has 0 unspecified atom stereocenters. The molecule has 10 heteroatoms. The molecule has 0 bridgehead atoms. The van der Waals surface area contributed by atoms with E-state index in [1.807, 2.05) is 35.6 Å². The number of hydrogen-bond acceptors (Lipinski definition) is 9. The Morgan fingerprint density at radius 1 is 1.14 bits per heavy atom. The molecule has 1 saturated heterocycles. The van der Waals surface area contributed by atoms with Crippen LogP contribution < -0.4 is 9.80 Å². The molecule has 0 N–H and O–H groups in total. The number of nitrogens with zero attached hydrogens (tertiary/aromatic N) is 9. The highest BCUT2D eigenvalue weighted by Gasteiger charge is 2.32. The molecule has 0 radical (unpaired) electrons. The smallest absolute Gasteiger partial charge is 0.204 e. The van der Waals surface area contributed by atoms with Crippen LogP contribution in [-0.2, 0) is 12.0 Å². The second kappa shape index (κ2) is 6.93. The molecule has 150 valence electrons. The fourth-order valence-electron chi connectivity index (χ4n) is 3.18. The molecule has 28 heavy (non-hydrogen) atoms. The van der Waals surface area contributed by atoms with E-state index in [0.29, 0.717) is 6.04 Å². The van der Waals surface area contributed by atoms with Gasteiger partial charge in [0.1, 0.15) is 5.82 Å². The molecule has 0 aliphatic carbocycles. The lowest BCUT2D eigenvalue weighted by Crippen LogP contribution is -2.58. The summed E-state index contributed by atoms with van der Waals surface area (Å²) >= 11 is 1.44. The van der Waals surface area contributed by atoms with Crippen LogP contribution in [0.25, 0.3) is 5.65 Å². The Bertz CT molecular complexity index is 965. The maximum Gasteiger partial charge on any atom is 0.204 e. The Hall–Kier alpha value is -2.33. The lowest BCUT2D eigenvalue weighted by Gasteiger charge is -2.44. The Morgan fingerprint density at radius 3 is 2.54 bits per heavy atom. The van der Waals surface area contributed by atoms with Crippen molar-refractivity contribution in [3.63, 3.8) is 0 Å². The van der Waals surface area contributed by atoms with E-state index >= 15 is 0 Å². The summed E-state index contributed by atoms with van der Waals surface area (Å²) in [5, 5.41) is 14.3. The van der Waals surface area contributed by atoms with Gasteiger partial charge < -0.3 is 9.80 Å². The summed E-state index contributed by atoms with van der Waals surface area (Å²) in [5.41, 5.74) is 0.684.